The Kier molecular flexibility index (Phi) is 3.67. The molecule has 2 heterocycles. The second-order valence-corrected chi connectivity index (χ2v) is 5.12. The molecular formula is C13H12N6O5. The molecule has 0 saturated carbocycles. The van der Waals surface area contributed by atoms with Crippen molar-refractivity contribution in [1.29, 1.82) is 0 Å². The van der Waals surface area contributed by atoms with E-state index in [0.717, 1.165) is 0 Å². The van der Waals surface area contributed by atoms with Crippen LogP contribution in [0.15, 0.2) is 23.2 Å². The lowest BCUT2D eigenvalue weighted by atomic mass is 9.88. The Morgan fingerprint density at radius 1 is 1.46 bits per heavy atom. The predicted molar refractivity (Wildman–Crippen MR) is 79.5 cm³/mol. The first-order valence-corrected chi connectivity index (χ1v) is 6.82. The fourth-order valence-electron chi connectivity index (χ4n) is 2.72. The van der Waals surface area contributed by atoms with E-state index in [9.17, 15) is 20.0 Å². The Hall–Kier alpha value is -3.37. The normalized spacial score (nSPS) is 19.3. The van der Waals surface area contributed by atoms with E-state index >= 15 is 0 Å². The Morgan fingerprint density at radius 2 is 2.21 bits per heavy atom. The summed E-state index contributed by atoms with van der Waals surface area (Å²) in [7, 11) is 1.35. The highest BCUT2D eigenvalue weighted by Gasteiger charge is 2.40. The molecule has 0 spiro atoms. The highest BCUT2D eigenvalue weighted by atomic mass is 16.6. The van der Waals surface area contributed by atoms with Gasteiger partial charge in [0.1, 0.15) is 17.7 Å². The lowest BCUT2D eigenvalue weighted by molar-refractivity contribution is -0.384. The Bertz CT molecular complexity index is 860. The lowest BCUT2D eigenvalue weighted by Crippen LogP contribution is -2.36. The number of aromatic nitrogens is 4. The van der Waals surface area contributed by atoms with Gasteiger partial charge in [-0.25, -0.2) is 9.67 Å². The number of fused-ring (bicyclic) bond motifs is 1. The van der Waals surface area contributed by atoms with E-state index in [1.54, 1.807) is 6.92 Å². The molecule has 11 nitrogen and oxygen atoms in total. The van der Waals surface area contributed by atoms with Crippen LogP contribution in [0.4, 0.5) is 11.6 Å². The minimum absolute atomic E-state index is 0.162. The minimum atomic E-state index is -1.11. The van der Waals surface area contributed by atoms with Gasteiger partial charge in [-0.15, -0.1) is 0 Å². The van der Waals surface area contributed by atoms with Crippen LogP contribution in [0.3, 0.4) is 0 Å². The monoisotopic (exact) mass is 332 g/mol. The Labute approximate surface area is 134 Å². The number of hydrogen-bond acceptors (Lipinski definition) is 8. The highest BCUT2D eigenvalue weighted by Crippen LogP contribution is 2.39. The van der Waals surface area contributed by atoms with Crippen LogP contribution in [-0.2, 0) is 4.79 Å². The number of tetrazole rings is 1. The molecule has 24 heavy (non-hydrogen) atoms. The van der Waals surface area contributed by atoms with Crippen LogP contribution >= 0.6 is 0 Å². The van der Waals surface area contributed by atoms with Crippen molar-refractivity contribution < 1.29 is 19.6 Å². The zero-order valence-corrected chi connectivity index (χ0v) is 12.7. The number of non-ortho nitro benzene ring substituents is 1. The van der Waals surface area contributed by atoms with Crippen molar-refractivity contribution in [2.45, 2.75) is 13.0 Å². The molecule has 124 valence electrons. The van der Waals surface area contributed by atoms with E-state index in [-0.39, 0.29) is 17.4 Å². The highest BCUT2D eigenvalue weighted by molar-refractivity contribution is 6.02. The number of carboxylic acid groups (broad SMARTS) is 1. The number of aliphatic carboxylic acids is 1. The summed E-state index contributed by atoms with van der Waals surface area (Å²) < 4.78 is 6.50. The van der Waals surface area contributed by atoms with Crippen LogP contribution < -0.4 is 4.74 Å². The summed E-state index contributed by atoms with van der Waals surface area (Å²) in [5.41, 5.74) is 0.578. The summed E-state index contributed by atoms with van der Waals surface area (Å²) in [6, 6.07) is 3.13. The largest absolute Gasteiger partial charge is 0.496 e. The van der Waals surface area contributed by atoms with Crippen LogP contribution in [0.25, 0.3) is 0 Å². The summed E-state index contributed by atoms with van der Waals surface area (Å²) in [4.78, 5) is 26.2. The molecule has 1 aliphatic heterocycles. The van der Waals surface area contributed by atoms with Gasteiger partial charge in [-0.1, -0.05) is 5.10 Å². The number of hydrogen-bond donors (Lipinski definition) is 1. The quantitative estimate of drug-likeness (QED) is 0.644. The number of nitro benzene ring substituents is 1. The first-order valence-electron chi connectivity index (χ1n) is 6.82. The van der Waals surface area contributed by atoms with Crippen molar-refractivity contribution in [1.82, 2.24) is 20.2 Å². The van der Waals surface area contributed by atoms with E-state index in [0.29, 0.717) is 11.3 Å². The van der Waals surface area contributed by atoms with Gasteiger partial charge in [0.25, 0.3) is 11.6 Å². The standard InChI is InChI=1S/C13H12N6O5/c1-6-10(12(20)21)11(18-13(14-6)15-16-17-18)8-4-3-7(19(22)23)5-9(8)24-2/h3-5,10-11H,1-2H3,(H,20,21). The SMILES string of the molecule is COc1cc([N+](=O)[O-])ccc1C1C(C(=O)O)C(C)=Nc2nnnn21. The molecule has 0 amide bonds. The third-order valence-corrected chi connectivity index (χ3v) is 3.79. The van der Waals surface area contributed by atoms with Crippen LogP contribution in [0.5, 0.6) is 5.75 Å². The van der Waals surface area contributed by atoms with Crippen LogP contribution in [0.2, 0.25) is 0 Å². The minimum Gasteiger partial charge on any atom is -0.496 e. The third-order valence-electron chi connectivity index (χ3n) is 3.79. The van der Waals surface area contributed by atoms with Gasteiger partial charge >= 0.3 is 5.97 Å². The molecule has 1 N–H and O–H groups in total. The molecule has 2 aromatic rings. The maximum Gasteiger partial charge on any atom is 0.314 e. The van der Waals surface area contributed by atoms with E-state index in [1.807, 2.05) is 0 Å². The number of nitrogens with zero attached hydrogens (tertiary/aromatic N) is 6. The van der Waals surface area contributed by atoms with Gasteiger partial charge in [0.15, 0.2) is 0 Å². The van der Waals surface area contributed by atoms with E-state index in [2.05, 4.69) is 20.5 Å². The van der Waals surface area contributed by atoms with Crippen molar-refractivity contribution in [3.63, 3.8) is 0 Å². The molecule has 1 aliphatic rings. The molecule has 0 bridgehead atoms. The molecule has 1 aromatic carbocycles. The molecule has 3 rings (SSSR count). The molecule has 2 unspecified atom stereocenters. The maximum atomic E-state index is 11.7. The van der Waals surface area contributed by atoms with Crippen LogP contribution in [0, 0.1) is 16.0 Å². The number of carboxylic acids is 1. The number of ether oxygens (including phenoxy) is 1. The molecule has 0 radical (unpaired) electrons. The summed E-state index contributed by atoms with van der Waals surface area (Å²) in [6.45, 7) is 1.57. The summed E-state index contributed by atoms with van der Waals surface area (Å²) in [6.07, 6.45) is 0. The molecule has 11 heteroatoms. The van der Waals surface area contributed by atoms with Gasteiger partial charge in [0.2, 0.25) is 0 Å². The van der Waals surface area contributed by atoms with E-state index in [1.165, 1.54) is 30.0 Å². The zero-order valence-electron chi connectivity index (χ0n) is 12.7. The van der Waals surface area contributed by atoms with Crippen molar-refractivity contribution in [3.05, 3.63) is 33.9 Å². The molecular weight excluding hydrogens is 320 g/mol. The first-order chi connectivity index (χ1) is 11.4. The molecule has 0 fully saturated rings. The summed E-state index contributed by atoms with van der Waals surface area (Å²) in [5, 5.41) is 31.6. The fraction of sp³-hybridized carbons (Fsp3) is 0.308. The van der Waals surface area contributed by atoms with Gasteiger partial charge in [-0.2, -0.15) is 0 Å². The Morgan fingerprint density at radius 3 is 2.83 bits per heavy atom. The fourth-order valence-corrected chi connectivity index (χ4v) is 2.72. The first kappa shape index (κ1) is 15.5. The van der Waals surface area contributed by atoms with Crippen LogP contribution in [0.1, 0.15) is 18.5 Å². The maximum absolute atomic E-state index is 11.7. The van der Waals surface area contributed by atoms with Gasteiger partial charge in [0.05, 0.1) is 18.1 Å². The zero-order chi connectivity index (χ0) is 17.4. The molecule has 0 aliphatic carbocycles. The van der Waals surface area contributed by atoms with Crippen molar-refractivity contribution in [2.75, 3.05) is 7.11 Å². The van der Waals surface area contributed by atoms with Gasteiger partial charge in [-0.05, 0) is 23.4 Å². The smallest absolute Gasteiger partial charge is 0.314 e. The topological polar surface area (TPSA) is 146 Å². The van der Waals surface area contributed by atoms with Crippen molar-refractivity contribution in [2.24, 2.45) is 10.9 Å². The number of carbonyl (C=O) groups is 1. The van der Waals surface area contributed by atoms with Crippen LogP contribution in [-0.4, -0.2) is 49.0 Å². The Balaban J connectivity index is 2.21. The van der Waals surface area contributed by atoms with E-state index in [4.69, 9.17) is 4.74 Å². The average Bonchev–Trinajstić information content (AvgIpc) is 3.00. The number of benzene rings is 1. The second kappa shape index (κ2) is 5.68. The molecule has 0 saturated heterocycles. The number of rotatable bonds is 4. The van der Waals surface area contributed by atoms with Crippen molar-refractivity contribution >= 4 is 23.3 Å². The van der Waals surface area contributed by atoms with E-state index < -0.39 is 22.9 Å². The predicted octanol–water partition coefficient (Wildman–Crippen LogP) is 0.986. The number of methoxy groups -OCH3 is 1. The second-order valence-electron chi connectivity index (χ2n) is 5.12. The third kappa shape index (κ3) is 2.35. The average molecular weight is 332 g/mol. The van der Waals surface area contributed by atoms with Gasteiger partial charge < -0.3 is 9.84 Å². The molecule has 1 aromatic heterocycles. The van der Waals surface area contributed by atoms with Crippen molar-refractivity contribution in [3.8, 4) is 5.75 Å². The lowest BCUT2D eigenvalue weighted by Gasteiger charge is -2.28. The number of aliphatic imine (C=N–C) groups is 1. The van der Waals surface area contributed by atoms with Gasteiger partial charge in [0, 0.05) is 17.3 Å². The number of nitro groups is 1. The summed E-state index contributed by atoms with van der Waals surface area (Å²) >= 11 is 0. The summed E-state index contributed by atoms with van der Waals surface area (Å²) in [5.74, 6) is -1.80. The molecule has 2 atom stereocenters. The van der Waals surface area contributed by atoms with Gasteiger partial charge in [-0.3, -0.25) is 14.9 Å².